The first kappa shape index (κ1) is 21.3. The highest BCUT2D eigenvalue weighted by Crippen LogP contribution is 2.36. The molecule has 0 aliphatic carbocycles. The van der Waals surface area contributed by atoms with Gasteiger partial charge in [-0.2, -0.15) is 9.37 Å². The number of benzene rings is 2. The van der Waals surface area contributed by atoms with Crippen LogP contribution in [0.15, 0.2) is 48.5 Å². The summed E-state index contributed by atoms with van der Waals surface area (Å²) in [5.41, 5.74) is 1.17. The molecule has 30 heavy (non-hydrogen) atoms. The lowest BCUT2D eigenvalue weighted by Crippen LogP contribution is -2.52. The lowest BCUT2D eigenvalue weighted by Gasteiger charge is -2.36. The highest BCUT2D eigenvalue weighted by atomic mass is 32.2. The van der Waals surface area contributed by atoms with Crippen molar-refractivity contribution in [2.24, 2.45) is 0 Å². The fraction of sp³-hybridized carbons (Fsp3) is 0.429. The van der Waals surface area contributed by atoms with E-state index in [2.05, 4.69) is 4.90 Å². The number of halogens is 2. The second kappa shape index (κ2) is 8.68. The third kappa shape index (κ3) is 4.26. The summed E-state index contributed by atoms with van der Waals surface area (Å²) < 4.78 is 56.3. The molecule has 2 saturated heterocycles. The second-order valence-corrected chi connectivity index (χ2v) is 9.85. The van der Waals surface area contributed by atoms with E-state index in [1.165, 1.54) is 14.9 Å². The molecule has 2 atom stereocenters. The molecule has 0 unspecified atom stereocenters. The van der Waals surface area contributed by atoms with Crippen LogP contribution < -0.4 is 0 Å². The summed E-state index contributed by atoms with van der Waals surface area (Å²) >= 11 is 0. The summed E-state index contributed by atoms with van der Waals surface area (Å²) in [5.74, 6) is -1.26. The van der Waals surface area contributed by atoms with Gasteiger partial charge in [-0.05, 0) is 23.8 Å². The molecule has 0 amide bonds. The summed E-state index contributed by atoms with van der Waals surface area (Å²) in [6.45, 7) is 2.60. The number of nitrogens with zero attached hydrogens (tertiary/aromatic N) is 3. The van der Waals surface area contributed by atoms with Crippen molar-refractivity contribution in [2.75, 3.05) is 39.8 Å². The maximum Gasteiger partial charge on any atom is 0.221 e. The fourth-order valence-electron chi connectivity index (χ4n) is 4.16. The molecule has 0 saturated carbocycles. The molecule has 0 spiro atoms. The number of hydroxylamine groups is 2. The van der Waals surface area contributed by atoms with E-state index in [1.807, 2.05) is 30.3 Å². The molecule has 162 valence electrons. The molecule has 2 fully saturated rings. The highest BCUT2D eigenvalue weighted by Gasteiger charge is 2.47. The number of rotatable bonds is 5. The predicted molar refractivity (Wildman–Crippen MR) is 109 cm³/mol. The number of hydrogen-bond donors (Lipinski definition) is 0. The minimum atomic E-state index is -3.77. The molecule has 2 aliphatic rings. The summed E-state index contributed by atoms with van der Waals surface area (Å²) in [7, 11) is -2.22. The van der Waals surface area contributed by atoms with Gasteiger partial charge in [0.25, 0.3) is 0 Å². The van der Waals surface area contributed by atoms with E-state index in [0.717, 1.165) is 24.7 Å². The van der Waals surface area contributed by atoms with E-state index in [-0.39, 0.29) is 12.2 Å². The van der Waals surface area contributed by atoms with Gasteiger partial charge < -0.3 is 0 Å². The van der Waals surface area contributed by atoms with Crippen LogP contribution in [0.1, 0.15) is 17.2 Å². The van der Waals surface area contributed by atoms with Crippen molar-refractivity contribution in [1.29, 1.82) is 0 Å². The van der Waals surface area contributed by atoms with Crippen molar-refractivity contribution >= 4 is 10.0 Å². The van der Waals surface area contributed by atoms with Crippen LogP contribution in [0.25, 0.3) is 0 Å². The van der Waals surface area contributed by atoms with Crippen LogP contribution in [-0.2, 0) is 21.4 Å². The molecule has 0 bridgehead atoms. The average molecular weight is 438 g/mol. The van der Waals surface area contributed by atoms with Gasteiger partial charge in [0, 0.05) is 45.3 Å². The quantitative estimate of drug-likeness (QED) is 0.719. The van der Waals surface area contributed by atoms with Gasteiger partial charge in [-0.25, -0.2) is 17.2 Å². The zero-order valence-electron chi connectivity index (χ0n) is 16.7. The van der Waals surface area contributed by atoms with Crippen molar-refractivity contribution in [3.8, 4) is 0 Å². The number of piperazine rings is 1. The van der Waals surface area contributed by atoms with Crippen LogP contribution in [-0.4, -0.2) is 67.8 Å². The third-order valence-corrected chi connectivity index (χ3v) is 8.03. The Hall–Kier alpha value is -1.91. The topological polar surface area (TPSA) is 53.1 Å². The summed E-state index contributed by atoms with van der Waals surface area (Å²) in [6.07, 6.45) is 0. The Balaban J connectivity index is 1.48. The maximum absolute atomic E-state index is 14.4. The van der Waals surface area contributed by atoms with Crippen molar-refractivity contribution in [3.05, 3.63) is 71.3 Å². The van der Waals surface area contributed by atoms with Crippen LogP contribution in [0.2, 0.25) is 0 Å². The first-order valence-electron chi connectivity index (χ1n) is 9.92. The molecule has 0 radical (unpaired) electrons. The van der Waals surface area contributed by atoms with Gasteiger partial charge in [0.15, 0.2) is 0 Å². The van der Waals surface area contributed by atoms with Crippen molar-refractivity contribution < 1.29 is 22.0 Å². The molecular formula is C21H25F2N3O3S. The highest BCUT2D eigenvalue weighted by molar-refractivity contribution is 7.89. The minimum absolute atomic E-state index is 0.00807. The number of hydrogen-bond acceptors (Lipinski definition) is 5. The average Bonchev–Trinajstić information content (AvgIpc) is 3.13. The largest absolute Gasteiger partial charge is 0.297 e. The molecule has 2 aliphatic heterocycles. The van der Waals surface area contributed by atoms with Gasteiger partial charge in [-0.15, -0.1) is 0 Å². The van der Waals surface area contributed by atoms with Crippen LogP contribution in [0, 0.1) is 11.6 Å². The Morgan fingerprint density at radius 3 is 2.43 bits per heavy atom. The second-order valence-electron chi connectivity index (χ2n) is 7.70. The predicted octanol–water partition coefficient (Wildman–Crippen LogP) is 2.40. The number of sulfonamides is 1. The van der Waals surface area contributed by atoms with Gasteiger partial charge in [0.2, 0.25) is 10.0 Å². The SMILES string of the molecule is CN1OC[C@H](S(=O)(=O)N2CCN(Cc3ccccc3)CC2)[C@@H]1c1cc(F)ccc1F. The van der Waals surface area contributed by atoms with Crippen LogP contribution >= 0.6 is 0 Å². The normalized spacial score (nSPS) is 24.4. The Morgan fingerprint density at radius 2 is 1.73 bits per heavy atom. The van der Waals surface area contributed by atoms with Gasteiger partial charge in [-0.1, -0.05) is 30.3 Å². The molecule has 2 heterocycles. The maximum atomic E-state index is 14.4. The lowest BCUT2D eigenvalue weighted by molar-refractivity contribution is -0.111. The van der Waals surface area contributed by atoms with E-state index in [4.69, 9.17) is 4.84 Å². The van der Waals surface area contributed by atoms with Crippen molar-refractivity contribution in [3.63, 3.8) is 0 Å². The molecule has 0 N–H and O–H groups in total. The Bertz CT molecular complexity index is 982. The molecular weight excluding hydrogens is 412 g/mol. The Labute approximate surface area is 175 Å². The van der Waals surface area contributed by atoms with Gasteiger partial charge in [0.1, 0.15) is 16.9 Å². The zero-order chi connectivity index (χ0) is 21.3. The van der Waals surface area contributed by atoms with E-state index in [9.17, 15) is 17.2 Å². The standard InChI is InChI=1S/C21H25F2N3O3S/c1-24-21(18-13-17(22)7-8-19(18)23)20(15-29-24)30(27,28)26-11-9-25(10-12-26)14-16-5-3-2-4-6-16/h2-8,13,20-21H,9-12,14-15H2,1H3/t20-,21-/m0/s1. The van der Waals surface area contributed by atoms with Crippen molar-refractivity contribution in [1.82, 2.24) is 14.3 Å². The van der Waals surface area contributed by atoms with Gasteiger partial charge in [0.05, 0.1) is 12.6 Å². The molecule has 6 nitrogen and oxygen atoms in total. The first-order valence-corrected chi connectivity index (χ1v) is 11.4. The smallest absolute Gasteiger partial charge is 0.221 e. The van der Waals surface area contributed by atoms with Gasteiger partial charge >= 0.3 is 0 Å². The molecule has 9 heteroatoms. The van der Waals surface area contributed by atoms with E-state index < -0.39 is 32.9 Å². The Kier molecular flexibility index (Phi) is 6.17. The van der Waals surface area contributed by atoms with E-state index in [1.54, 1.807) is 7.05 Å². The Morgan fingerprint density at radius 1 is 1.03 bits per heavy atom. The minimum Gasteiger partial charge on any atom is -0.297 e. The summed E-state index contributed by atoms with van der Waals surface area (Å²) in [6, 6.07) is 12.2. The molecule has 4 rings (SSSR count). The monoisotopic (exact) mass is 437 g/mol. The van der Waals surface area contributed by atoms with E-state index in [0.29, 0.717) is 26.2 Å². The van der Waals surface area contributed by atoms with Crippen molar-refractivity contribution in [2.45, 2.75) is 17.8 Å². The third-order valence-electron chi connectivity index (χ3n) is 5.79. The molecule has 0 aromatic heterocycles. The first-order chi connectivity index (χ1) is 14.4. The van der Waals surface area contributed by atoms with Gasteiger partial charge in [-0.3, -0.25) is 9.74 Å². The fourth-order valence-corrected chi connectivity index (χ4v) is 6.09. The zero-order valence-corrected chi connectivity index (χ0v) is 17.6. The van der Waals surface area contributed by atoms with Crippen LogP contribution in [0.3, 0.4) is 0 Å². The van der Waals surface area contributed by atoms with E-state index >= 15 is 0 Å². The lowest BCUT2D eigenvalue weighted by atomic mass is 10.0. The summed E-state index contributed by atoms with van der Waals surface area (Å²) in [5, 5.41) is 0.311. The molecule has 2 aromatic rings. The molecule has 2 aromatic carbocycles. The van der Waals surface area contributed by atoms with Crippen LogP contribution in [0.5, 0.6) is 0 Å². The van der Waals surface area contributed by atoms with Crippen LogP contribution in [0.4, 0.5) is 8.78 Å². The summed E-state index contributed by atoms with van der Waals surface area (Å²) in [4.78, 5) is 7.64.